The van der Waals surface area contributed by atoms with Gasteiger partial charge in [-0.05, 0) is 60.7 Å². The maximum absolute atomic E-state index is 12.4. The number of amides is 1. The topological polar surface area (TPSA) is 84.0 Å². The van der Waals surface area contributed by atoms with E-state index in [1.165, 1.54) is 10.6 Å². The number of rotatable bonds is 5. The molecule has 0 saturated carbocycles. The summed E-state index contributed by atoms with van der Waals surface area (Å²) in [5.41, 5.74) is 3.27. The minimum atomic E-state index is -3.32. The van der Waals surface area contributed by atoms with Crippen molar-refractivity contribution < 1.29 is 22.7 Å². The molecule has 1 fully saturated rings. The number of sulfonamides is 1. The summed E-state index contributed by atoms with van der Waals surface area (Å²) in [6, 6.07) is 12.0. The van der Waals surface area contributed by atoms with E-state index in [9.17, 15) is 18.0 Å². The highest BCUT2D eigenvalue weighted by Crippen LogP contribution is 2.31. The van der Waals surface area contributed by atoms with Gasteiger partial charge in [-0.3, -0.25) is 9.10 Å². The summed E-state index contributed by atoms with van der Waals surface area (Å²) in [6.07, 6.45) is 3.84. The molecule has 0 radical (unpaired) electrons. The zero-order valence-electron chi connectivity index (χ0n) is 16.8. The molecule has 2 aromatic carbocycles. The van der Waals surface area contributed by atoms with Crippen LogP contribution in [0, 0.1) is 0 Å². The number of ether oxygens (including phenoxy) is 1. The Bertz CT molecular complexity index is 1070. The third-order valence-electron chi connectivity index (χ3n) is 5.53. The summed E-state index contributed by atoms with van der Waals surface area (Å²) >= 11 is 0. The third kappa shape index (κ3) is 4.18. The highest BCUT2D eigenvalue weighted by molar-refractivity contribution is 7.92. The van der Waals surface area contributed by atoms with Crippen molar-refractivity contribution in [2.24, 2.45) is 0 Å². The van der Waals surface area contributed by atoms with Crippen LogP contribution >= 0.6 is 0 Å². The van der Waals surface area contributed by atoms with E-state index < -0.39 is 16.0 Å². The minimum absolute atomic E-state index is 0.0392. The van der Waals surface area contributed by atoms with E-state index in [4.69, 9.17) is 4.74 Å². The molecule has 0 unspecified atom stereocenters. The molecule has 30 heavy (non-hydrogen) atoms. The van der Waals surface area contributed by atoms with Crippen LogP contribution in [0.4, 0.5) is 5.69 Å². The van der Waals surface area contributed by atoms with Crippen LogP contribution in [0.25, 0.3) is 0 Å². The van der Waals surface area contributed by atoms with Gasteiger partial charge in [0.05, 0.1) is 17.5 Å². The molecule has 0 N–H and O–H groups in total. The summed E-state index contributed by atoms with van der Waals surface area (Å²) in [5.74, 6) is -0.426. The van der Waals surface area contributed by atoms with Crippen LogP contribution < -0.4 is 4.31 Å². The molecule has 1 saturated heterocycles. The summed E-state index contributed by atoms with van der Waals surface area (Å²) in [4.78, 5) is 26.7. The first-order valence-corrected chi connectivity index (χ1v) is 11.8. The number of fused-ring (bicyclic) bond motifs is 1. The molecular weight excluding hydrogens is 404 g/mol. The second-order valence-corrected chi connectivity index (χ2v) is 9.61. The van der Waals surface area contributed by atoms with Crippen molar-refractivity contribution in [1.82, 2.24) is 4.90 Å². The number of nitrogens with zero attached hydrogens (tertiary/aromatic N) is 2. The Morgan fingerprint density at radius 1 is 0.967 bits per heavy atom. The van der Waals surface area contributed by atoms with Crippen LogP contribution in [0.5, 0.6) is 0 Å². The van der Waals surface area contributed by atoms with Crippen LogP contribution in [0.3, 0.4) is 0 Å². The molecule has 0 bridgehead atoms. The van der Waals surface area contributed by atoms with E-state index in [1.54, 1.807) is 42.5 Å². The maximum Gasteiger partial charge on any atom is 0.338 e. The molecular formula is C22H24N2O5S. The fourth-order valence-electron chi connectivity index (χ4n) is 3.92. The highest BCUT2D eigenvalue weighted by Gasteiger charge is 2.27. The maximum atomic E-state index is 12.4. The van der Waals surface area contributed by atoms with E-state index in [-0.39, 0.29) is 12.5 Å². The van der Waals surface area contributed by atoms with Gasteiger partial charge in [-0.25, -0.2) is 13.2 Å². The third-order valence-corrected chi connectivity index (χ3v) is 6.71. The number of carbonyl (C=O) groups excluding carboxylic acids is 2. The lowest BCUT2D eigenvalue weighted by Crippen LogP contribution is -2.27. The monoisotopic (exact) mass is 428 g/mol. The van der Waals surface area contributed by atoms with Crippen LogP contribution in [0.1, 0.15) is 44.7 Å². The van der Waals surface area contributed by atoms with E-state index in [0.717, 1.165) is 37.1 Å². The molecule has 2 aliphatic heterocycles. The standard InChI is InChI=1S/C22H24N2O5S/c1-30(27,28)24-13-10-18-14-19(8-9-20(18)24)22(26)29-15-16-4-6-17(7-5-16)21(25)23-11-2-3-12-23/h4-9,14H,2-3,10-13,15H2,1H3. The molecule has 0 aliphatic carbocycles. The van der Waals surface area contributed by atoms with Gasteiger partial charge in [-0.15, -0.1) is 0 Å². The lowest BCUT2D eigenvalue weighted by atomic mass is 10.1. The van der Waals surface area contributed by atoms with Crippen LogP contribution in [0.15, 0.2) is 42.5 Å². The van der Waals surface area contributed by atoms with E-state index in [0.29, 0.717) is 29.8 Å². The smallest absolute Gasteiger partial charge is 0.338 e. The van der Waals surface area contributed by atoms with Gasteiger partial charge in [0, 0.05) is 25.2 Å². The van der Waals surface area contributed by atoms with Crippen molar-refractivity contribution in [2.75, 3.05) is 30.2 Å². The molecule has 2 aromatic rings. The van der Waals surface area contributed by atoms with E-state index in [2.05, 4.69) is 0 Å². The lowest BCUT2D eigenvalue weighted by Gasteiger charge is -2.16. The van der Waals surface area contributed by atoms with Crippen molar-refractivity contribution in [2.45, 2.75) is 25.9 Å². The summed E-state index contributed by atoms with van der Waals surface area (Å²) < 4.78 is 30.4. The largest absolute Gasteiger partial charge is 0.457 e. The van der Waals surface area contributed by atoms with Crippen LogP contribution in [0.2, 0.25) is 0 Å². The van der Waals surface area contributed by atoms with Crippen LogP contribution in [-0.4, -0.2) is 51.1 Å². The van der Waals surface area contributed by atoms with E-state index >= 15 is 0 Å². The molecule has 7 nitrogen and oxygen atoms in total. The van der Waals surface area contributed by atoms with Crippen molar-refractivity contribution in [3.05, 3.63) is 64.7 Å². The van der Waals surface area contributed by atoms with Crippen LogP contribution in [-0.2, 0) is 27.8 Å². The number of hydrogen-bond acceptors (Lipinski definition) is 5. The zero-order chi connectivity index (χ0) is 21.3. The molecule has 4 rings (SSSR count). The summed E-state index contributed by atoms with van der Waals surface area (Å²) in [6.45, 7) is 2.10. The first kappa shape index (κ1) is 20.4. The quantitative estimate of drug-likeness (QED) is 0.684. The fourth-order valence-corrected chi connectivity index (χ4v) is 4.88. The van der Waals surface area contributed by atoms with Gasteiger partial charge in [0.15, 0.2) is 0 Å². The number of esters is 1. The number of carbonyl (C=O) groups is 2. The van der Waals surface area contributed by atoms with Gasteiger partial charge in [0.25, 0.3) is 5.91 Å². The highest BCUT2D eigenvalue weighted by atomic mass is 32.2. The molecule has 2 heterocycles. The van der Waals surface area contributed by atoms with Gasteiger partial charge in [0.1, 0.15) is 6.61 Å². The molecule has 8 heteroatoms. The molecule has 0 aromatic heterocycles. The summed E-state index contributed by atoms with van der Waals surface area (Å²) in [5, 5.41) is 0. The van der Waals surface area contributed by atoms with Crippen molar-refractivity contribution in [1.29, 1.82) is 0 Å². The Kier molecular flexibility index (Phi) is 5.51. The average molecular weight is 429 g/mol. The molecule has 1 amide bonds. The SMILES string of the molecule is CS(=O)(=O)N1CCc2cc(C(=O)OCc3ccc(C(=O)N4CCCC4)cc3)ccc21. The predicted octanol–water partition coefficient (Wildman–Crippen LogP) is 2.60. The van der Waals surface area contributed by atoms with E-state index in [1.807, 2.05) is 4.90 Å². The zero-order valence-corrected chi connectivity index (χ0v) is 17.7. The van der Waals surface area contributed by atoms with Crippen molar-refractivity contribution >= 4 is 27.6 Å². The second kappa shape index (κ2) is 8.10. The fraction of sp³-hybridized carbons (Fsp3) is 0.364. The Morgan fingerprint density at radius 3 is 2.30 bits per heavy atom. The summed E-state index contributed by atoms with van der Waals surface area (Å²) in [7, 11) is -3.32. The number of benzene rings is 2. The molecule has 2 aliphatic rings. The Labute approximate surface area is 176 Å². The molecule has 0 spiro atoms. The Balaban J connectivity index is 1.37. The first-order chi connectivity index (χ1) is 14.3. The van der Waals surface area contributed by atoms with Gasteiger partial charge in [-0.2, -0.15) is 0 Å². The average Bonchev–Trinajstić information content (AvgIpc) is 3.41. The van der Waals surface area contributed by atoms with Gasteiger partial charge in [-0.1, -0.05) is 12.1 Å². The second-order valence-electron chi connectivity index (χ2n) is 7.70. The number of likely N-dealkylation sites (tertiary alicyclic amines) is 1. The molecule has 0 atom stereocenters. The van der Waals surface area contributed by atoms with Gasteiger partial charge >= 0.3 is 5.97 Å². The van der Waals surface area contributed by atoms with Gasteiger partial charge < -0.3 is 9.64 Å². The van der Waals surface area contributed by atoms with Crippen molar-refractivity contribution in [3.8, 4) is 0 Å². The first-order valence-electron chi connectivity index (χ1n) is 9.99. The van der Waals surface area contributed by atoms with Crippen molar-refractivity contribution in [3.63, 3.8) is 0 Å². The number of anilines is 1. The minimum Gasteiger partial charge on any atom is -0.457 e. The lowest BCUT2D eigenvalue weighted by molar-refractivity contribution is 0.0472. The predicted molar refractivity (Wildman–Crippen MR) is 113 cm³/mol. The van der Waals surface area contributed by atoms with Gasteiger partial charge in [0.2, 0.25) is 10.0 Å². The Hall–Kier alpha value is -2.87. The normalized spacial score (nSPS) is 15.9. The number of hydrogen-bond donors (Lipinski definition) is 0. The molecule has 158 valence electrons. The Morgan fingerprint density at radius 2 is 1.63 bits per heavy atom.